The smallest absolute Gasteiger partial charge is 0.219 e. The van der Waals surface area contributed by atoms with Crippen LogP contribution in [0.1, 0.15) is 26.7 Å². The van der Waals surface area contributed by atoms with Crippen molar-refractivity contribution in [1.82, 2.24) is 20.0 Å². The molecular weight excluding hydrogens is 435 g/mol. The molecule has 2 aliphatic heterocycles. The largest absolute Gasteiger partial charge is 0.384 e. The summed E-state index contributed by atoms with van der Waals surface area (Å²) in [4.78, 5) is 18.3. The minimum Gasteiger partial charge on any atom is -0.384 e. The predicted molar refractivity (Wildman–Crippen MR) is 128 cm³/mol. The Bertz CT molecular complexity index is 1180. The van der Waals surface area contributed by atoms with E-state index in [1.165, 1.54) is 6.07 Å². The molecular formula is C25H31FN6O2. The molecule has 1 amide bonds. The zero-order valence-electron chi connectivity index (χ0n) is 19.8. The molecule has 2 aromatic rings. The summed E-state index contributed by atoms with van der Waals surface area (Å²) in [5.74, 6) is 0.255. The Balaban J connectivity index is 1.43. The number of carbonyl (C=O) groups excluding carboxylic acids is 1. The molecule has 3 N–H and O–H groups in total. The van der Waals surface area contributed by atoms with Gasteiger partial charge in [-0.3, -0.25) is 9.48 Å². The van der Waals surface area contributed by atoms with Crippen molar-refractivity contribution in [2.75, 3.05) is 26.3 Å². The quantitative estimate of drug-likeness (QED) is 0.522. The summed E-state index contributed by atoms with van der Waals surface area (Å²) in [7, 11) is 1.82. The van der Waals surface area contributed by atoms with Gasteiger partial charge in [-0.2, -0.15) is 5.10 Å². The molecule has 2 unspecified atom stereocenters. The minimum atomic E-state index is -0.462. The molecule has 8 nitrogen and oxygen atoms in total. The second kappa shape index (κ2) is 8.54. The number of rotatable bonds is 5. The van der Waals surface area contributed by atoms with Crippen LogP contribution in [-0.4, -0.2) is 58.8 Å². The van der Waals surface area contributed by atoms with Crippen LogP contribution in [0.4, 0.5) is 10.1 Å². The minimum absolute atomic E-state index is 0.0168. The maximum absolute atomic E-state index is 14.9. The van der Waals surface area contributed by atoms with Crippen molar-refractivity contribution in [2.45, 2.75) is 32.7 Å². The van der Waals surface area contributed by atoms with Crippen molar-refractivity contribution < 1.29 is 13.9 Å². The van der Waals surface area contributed by atoms with Crippen molar-refractivity contribution >= 4 is 17.4 Å². The lowest BCUT2D eigenvalue weighted by Gasteiger charge is -2.31. The van der Waals surface area contributed by atoms with Crippen molar-refractivity contribution in [2.24, 2.45) is 29.1 Å². The molecule has 5 rings (SSSR count). The standard InChI is InChI=1S/C25H31FN6O2/c1-15-23(25(15)7-9-34-14-25)29-21-6-8-32(16(2)33)13-19(21)24(27)30-22-5-4-17(10-20(22)26)18-11-28-31(3)12-18/h4-5,10-12,15,23,29H,6-9,13-14H2,1-3H3,(H2,27,30)/t15-,23?,25?/m1/s1. The highest BCUT2D eigenvalue weighted by molar-refractivity contribution is 6.00. The van der Waals surface area contributed by atoms with Gasteiger partial charge in [0.15, 0.2) is 0 Å². The highest BCUT2D eigenvalue weighted by Gasteiger charge is 2.63. The maximum Gasteiger partial charge on any atom is 0.219 e. The van der Waals surface area contributed by atoms with Crippen LogP contribution in [0.2, 0.25) is 0 Å². The Morgan fingerprint density at radius 2 is 2.21 bits per heavy atom. The monoisotopic (exact) mass is 466 g/mol. The maximum atomic E-state index is 14.9. The molecule has 1 spiro atoms. The van der Waals surface area contributed by atoms with E-state index in [1.54, 1.807) is 34.8 Å². The summed E-state index contributed by atoms with van der Waals surface area (Å²) in [6, 6.07) is 5.18. The van der Waals surface area contributed by atoms with Gasteiger partial charge in [-0.1, -0.05) is 13.0 Å². The van der Waals surface area contributed by atoms with Crippen LogP contribution < -0.4 is 11.1 Å². The van der Waals surface area contributed by atoms with E-state index in [0.717, 1.165) is 42.0 Å². The van der Waals surface area contributed by atoms with E-state index in [2.05, 4.69) is 22.3 Å². The first kappa shape index (κ1) is 22.6. The van der Waals surface area contributed by atoms with Crippen LogP contribution in [0.25, 0.3) is 11.1 Å². The number of halogens is 1. The van der Waals surface area contributed by atoms with Crippen LogP contribution in [-0.2, 0) is 16.6 Å². The molecule has 1 saturated heterocycles. The van der Waals surface area contributed by atoms with Crippen LogP contribution >= 0.6 is 0 Å². The summed E-state index contributed by atoms with van der Waals surface area (Å²) >= 11 is 0. The molecule has 9 heteroatoms. The Kier molecular flexibility index (Phi) is 5.67. The van der Waals surface area contributed by atoms with Gasteiger partial charge in [-0.15, -0.1) is 0 Å². The van der Waals surface area contributed by atoms with Crippen molar-refractivity contribution in [3.05, 3.63) is 47.7 Å². The van der Waals surface area contributed by atoms with E-state index >= 15 is 0 Å². The fraction of sp³-hybridized carbons (Fsp3) is 0.480. The van der Waals surface area contributed by atoms with Crippen molar-refractivity contribution in [1.29, 1.82) is 0 Å². The lowest BCUT2D eigenvalue weighted by Crippen LogP contribution is -2.42. The molecule has 1 aliphatic carbocycles. The van der Waals surface area contributed by atoms with Gasteiger partial charge in [0.2, 0.25) is 5.91 Å². The zero-order chi connectivity index (χ0) is 24.0. The first-order valence-electron chi connectivity index (χ1n) is 11.7. The van der Waals surface area contributed by atoms with Gasteiger partial charge < -0.3 is 20.7 Å². The molecule has 0 bridgehead atoms. The number of amidine groups is 1. The predicted octanol–water partition coefficient (Wildman–Crippen LogP) is 2.74. The van der Waals surface area contributed by atoms with Crippen LogP contribution in [0.3, 0.4) is 0 Å². The van der Waals surface area contributed by atoms with Gasteiger partial charge in [-0.05, 0) is 30.0 Å². The molecule has 1 aromatic carbocycles. The molecule has 3 atom stereocenters. The van der Waals surface area contributed by atoms with Crippen molar-refractivity contribution in [3.8, 4) is 11.1 Å². The third kappa shape index (κ3) is 3.98. The molecule has 3 heterocycles. The molecule has 1 aromatic heterocycles. The van der Waals surface area contributed by atoms with E-state index in [4.69, 9.17) is 10.5 Å². The SMILES string of the molecule is CC(=O)N1CCC(NC2[C@@H](C)C23CCOC3)=C(C(N)=Nc2ccc(-c3cnn(C)c3)cc2F)C1. The number of nitrogens with two attached hydrogens (primary N) is 1. The number of amides is 1. The number of ether oxygens (including phenoxy) is 1. The van der Waals surface area contributed by atoms with Gasteiger partial charge in [0.05, 0.1) is 19.3 Å². The topological polar surface area (TPSA) is 97.8 Å². The molecule has 2 fully saturated rings. The Morgan fingerprint density at radius 1 is 1.38 bits per heavy atom. The molecule has 1 saturated carbocycles. The first-order valence-corrected chi connectivity index (χ1v) is 11.7. The average molecular weight is 467 g/mol. The molecule has 34 heavy (non-hydrogen) atoms. The summed E-state index contributed by atoms with van der Waals surface area (Å²) in [6.07, 6.45) is 5.22. The van der Waals surface area contributed by atoms with E-state index in [1.807, 2.05) is 13.2 Å². The van der Waals surface area contributed by atoms with Crippen molar-refractivity contribution in [3.63, 3.8) is 0 Å². The Hall–Kier alpha value is -3.20. The summed E-state index contributed by atoms with van der Waals surface area (Å²) < 4.78 is 22.3. The van der Waals surface area contributed by atoms with Crippen LogP contribution in [0.5, 0.6) is 0 Å². The third-order valence-corrected chi connectivity index (χ3v) is 7.66. The zero-order valence-corrected chi connectivity index (χ0v) is 19.8. The van der Waals surface area contributed by atoms with Gasteiger partial charge >= 0.3 is 0 Å². The number of nitrogens with zero attached hydrogens (tertiary/aromatic N) is 4. The number of aliphatic imine (C=N–C) groups is 1. The normalized spacial score (nSPS) is 26.9. The number of benzene rings is 1. The van der Waals surface area contributed by atoms with E-state index < -0.39 is 5.82 Å². The van der Waals surface area contributed by atoms with Gasteiger partial charge in [-0.25, -0.2) is 9.38 Å². The lowest BCUT2D eigenvalue weighted by atomic mass is 10.0. The fourth-order valence-electron chi connectivity index (χ4n) is 5.33. The van der Waals surface area contributed by atoms with Gasteiger partial charge in [0.1, 0.15) is 17.3 Å². The first-order chi connectivity index (χ1) is 16.3. The molecule has 180 valence electrons. The second-order valence-corrected chi connectivity index (χ2v) is 9.66. The number of hydrogen-bond acceptors (Lipinski definition) is 5. The summed E-state index contributed by atoms with van der Waals surface area (Å²) in [6.45, 7) is 6.33. The molecule has 0 radical (unpaired) electrons. The van der Waals surface area contributed by atoms with E-state index in [9.17, 15) is 9.18 Å². The number of aromatic nitrogens is 2. The number of hydrogen-bond donors (Lipinski definition) is 2. The fourth-order valence-corrected chi connectivity index (χ4v) is 5.33. The second-order valence-electron chi connectivity index (χ2n) is 9.66. The van der Waals surface area contributed by atoms with Crippen LogP contribution in [0, 0.1) is 17.2 Å². The summed E-state index contributed by atoms with van der Waals surface area (Å²) in [5, 5.41) is 7.84. The third-order valence-electron chi connectivity index (χ3n) is 7.66. The lowest BCUT2D eigenvalue weighted by molar-refractivity contribution is -0.128. The number of aryl methyl sites for hydroxylation is 1. The summed E-state index contributed by atoms with van der Waals surface area (Å²) in [5.41, 5.74) is 10.1. The van der Waals surface area contributed by atoms with E-state index in [-0.39, 0.29) is 22.8 Å². The Morgan fingerprint density at radius 3 is 2.85 bits per heavy atom. The highest BCUT2D eigenvalue weighted by atomic mass is 19.1. The average Bonchev–Trinajstić information content (AvgIpc) is 3.23. The Labute approximate surface area is 198 Å². The number of carbonyl (C=O) groups is 1. The highest BCUT2D eigenvalue weighted by Crippen LogP contribution is 2.58. The molecule has 3 aliphatic rings. The van der Waals surface area contributed by atoms with Gasteiger partial charge in [0, 0.05) is 68.0 Å². The van der Waals surface area contributed by atoms with E-state index in [0.29, 0.717) is 31.5 Å². The van der Waals surface area contributed by atoms with Gasteiger partial charge in [0.25, 0.3) is 0 Å². The van der Waals surface area contributed by atoms with Crippen LogP contribution in [0.15, 0.2) is 46.9 Å². The number of nitrogens with one attached hydrogen (secondary N) is 1.